The Hall–Kier alpha value is -2.40. The number of rotatable bonds is 5. The summed E-state index contributed by atoms with van der Waals surface area (Å²) in [5.74, 6) is 1.31. The third kappa shape index (κ3) is 3.37. The van der Waals surface area contributed by atoms with E-state index in [0.717, 1.165) is 37.1 Å². The topological polar surface area (TPSA) is 62.2 Å². The molecule has 1 unspecified atom stereocenters. The summed E-state index contributed by atoms with van der Waals surface area (Å²) in [6.07, 6.45) is 1.69. The number of ether oxygens (including phenoxy) is 2. The van der Waals surface area contributed by atoms with E-state index in [9.17, 15) is 10.2 Å². The number of phenolic OH excluding ortho intramolecular Hbond substituents is 2. The van der Waals surface area contributed by atoms with Gasteiger partial charge >= 0.3 is 0 Å². The maximum atomic E-state index is 10.2. The number of nitrogens with zero attached hydrogens (tertiary/aromatic N) is 1. The molecule has 0 saturated carbocycles. The lowest BCUT2D eigenvalue weighted by molar-refractivity contribution is 0.193. The first-order valence-corrected chi connectivity index (χ1v) is 8.57. The highest BCUT2D eigenvalue weighted by Gasteiger charge is 2.28. The fourth-order valence-corrected chi connectivity index (χ4v) is 3.64. The first-order valence-electron chi connectivity index (χ1n) is 8.57. The van der Waals surface area contributed by atoms with Crippen LogP contribution in [0.2, 0.25) is 0 Å². The van der Waals surface area contributed by atoms with E-state index >= 15 is 0 Å². The Kier molecular flexibility index (Phi) is 5.04. The van der Waals surface area contributed by atoms with E-state index in [2.05, 4.69) is 11.8 Å². The normalized spacial score (nSPS) is 17.2. The predicted octanol–water partition coefficient (Wildman–Crippen LogP) is 3.28. The second-order valence-electron chi connectivity index (χ2n) is 6.33. The molecule has 0 aliphatic carbocycles. The van der Waals surface area contributed by atoms with Crippen LogP contribution in [0, 0.1) is 0 Å². The van der Waals surface area contributed by atoms with Crippen molar-refractivity contribution in [2.24, 2.45) is 0 Å². The maximum Gasteiger partial charge on any atom is 0.160 e. The molecular weight excluding hydrogens is 318 g/mol. The van der Waals surface area contributed by atoms with Crippen LogP contribution in [0.3, 0.4) is 0 Å². The van der Waals surface area contributed by atoms with Gasteiger partial charge in [0.05, 0.1) is 14.2 Å². The van der Waals surface area contributed by atoms with Gasteiger partial charge in [0, 0.05) is 12.6 Å². The molecule has 1 heterocycles. The molecule has 0 saturated heterocycles. The van der Waals surface area contributed by atoms with Crippen LogP contribution in [0.1, 0.15) is 29.7 Å². The Morgan fingerprint density at radius 2 is 1.76 bits per heavy atom. The van der Waals surface area contributed by atoms with E-state index in [-0.39, 0.29) is 17.5 Å². The first kappa shape index (κ1) is 17.4. The molecule has 1 aliphatic rings. The second-order valence-corrected chi connectivity index (χ2v) is 6.33. The summed E-state index contributed by atoms with van der Waals surface area (Å²) in [6, 6.07) is 9.43. The van der Waals surface area contributed by atoms with Gasteiger partial charge in [0.15, 0.2) is 23.0 Å². The molecule has 3 rings (SSSR count). The number of likely N-dealkylation sites (N-methyl/N-ethyl adjacent to an activating group) is 1. The van der Waals surface area contributed by atoms with Crippen molar-refractivity contribution < 1.29 is 19.7 Å². The molecule has 5 heteroatoms. The number of phenols is 2. The maximum absolute atomic E-state index is 10.2. The Bertz CT molecular complexity index is 760. The highest BCUT2D eigenvalue weighted by molar-refractivity contribution is 5.49. The summed E-state index contributed by atoms with van der Waals surface area (Å²) < 4.78 is 10.4. The highest BCUT2D eigenvalue weighted by atomic mass is 16.5. The lowest BCUT2D eigenvalue weighted by Crippen LogP contribution is -2.36. The van der Waals surface area contributed by atoms with Gasteiger partial charge in [-0.3, -0.25) is 4.90 Å². The summed E-state index contributed by atoms with van der Waals surface area (Å²) >= 11 is 0. The lowest BCUT2D eigenvalue weighted by Gasteiger charge is -2.37. The molecule has 134 valence electrons. The molecule has 0 radical (unpaired) electrons. The average Bonchev–Trinajstić information content (AvgIpc) is 2.62. The van der Waals surface area contributed by atoms with Gasteiger partial charge in [-0.15, -0.1) is 0 Å². The average molecular weight is 343 g/mol. The van der Waals surface area contributed by atoms with Crippen molar-refractivity contribution in [3.63, 3.8) is 0 Å². The van der Waals surface area contributed by atoms with E-state index in [1.807, 2.05) is 18.2 Å². The van der Waals surface area contributed by atoms with Crippen molar-refractivity contribution in [2.75, 3.05) is 27.3 Å². The van der Waals surface area contributed by atoms with E-state index in [4.69, 9.17) is 9.47 Å². The Labute approximate surface area is 148 Å². The molecule has 0 aromatic heterocycles. The van der Waals surface area contributed by atoms with E-state index < -0.39 is 0 Å². The van der Waals surface area contributed by atoms with Crippen molar-refractivity contribution in [1.82, 2.24) is 4.90 Å². The van der Waals surface area contributed by atoms with Crippen LogP contribution < -0.4 is 9.47 Å². The van der Waals surface area contributed by atoms with Crippen molar-refractivity contribution in [1.29, 1.82) is 0 Å². The fraction of sp³-hybridized carbons (Fsp3) is 0.400. The molecule has 0 amide bonds. The standard InChI is InChI=1S/C20H25NO4/c1-4-21-8-7-14-11-20(25-3)18(23)12-15(14)16(21)9-13-5-6-19(24-2)17(22)10-13/h5-6,10-12,16,22-23H,4,7-9H2,1-3H3. The van der Waals surface area contributed by atoms with Gasteiger partial charge < -0.3 is 19.7 Å². The molecule has 0 spiro atoms. The molecule has 2 aromatic rings. The van der Waals surface area contributed by atoms with Gasteiger partial charge in [-0.1, -0.05) is 13.0 Å². The van der Waals surface area contributed by atoms with Gasteiger partial charge in [-0.25, -0.2) is 0 Å². The van der Waals surface area contributed by atoms with Crippen molar-refractivity contribution in [3.8, 4) is 23.0 Å². The SMILES string of the molecule is CCN1CCc2cc(OC)c(O)cc2C1Cc1ccc(OC)c(O)c1. The van der Waals surface area contributed by atoms with Gasteiger partial charge in [0.1, 0.15) is 0 Å². The van der Waals surface area contributed by atoms with Gasteiger partial charge in [0.2, 0.25) is 0 Å². The molecule has 0 bridgehead atoms. The first-order chi connectivity index (χ1) is 12.1. The molecule has 1 aliphatic heterocycles. The van der Waals surface area contributed by atoms with Gasteiger partial charge in [-0.05, 0) is 60.3 Å². The largest absolute Gasteiger partial charge is 0.504 e. The smallest absolute Gasteiger partial charge is 0.160 e. The van der Waals surface area contributed by atoms with Crippen LogP contribution in [0.5, 0.6) is 23.0 Å². The Morgan fingerprint density at radius 1 is 1.04 bits per heavy atom. The van der Waals surface area contributed by atoms with Gasteiger partial charge in [0.25, 0.3) is 0 Å². The summed E-state index contributed by atoms with van der Waals surface area (Å²) in [4.78, 5) is 2.40. The summed E-state index contributed by atoms with van der Waals surface area (Å²) in [5.41, 5.74) is 3.37. The minimum absolute atomic E-state index is 0.150. The molecular formula is C20H25NO4. The lowest BCUT2D eigenvalue weighted by atomic mass is 9.88. The highest BCUT2D eigenvalue weighted by Crippen LogP contribution is 2.39. The van der Waals surface area contributed by atoms with E-state index in [1.54, 1.807) is 26.4 Å². The quantitative estimate of drug-likeness (QED) is 0.872. The Balaban J connectivity index is 1.96. The molecule has 2 aromatic carbocycles. The molecule has 5 nitrogen and oxygen atoms in total. The van der Waals surface area contributed by atoms with Crippen LogP contribution in [-0.4, -0.2) is 42.4 Å². The zero-order valence-corrected chi connectivity index (χ0v) is 15.0. The minimum atomic E-state index is 0.150. The van der Waals surface area contributed by atoms with Crippen LogP contribution in [-0.2, 0) is 12.8 Å². The third-order valence-corrected chi connectivity index (χ3v) is 4.99. The summed E-state index contributed by atoms with van der Waals surface area (Å²) in [5, 5.41) is 20.3. The zero-order chi connectivity index (χ0) is 18.0. The fourth-order valence-electron chi connectivity index (χ4n) is 3.64. The van der Waals surface area contributed by atoms with Crippen LogP contribution in [0.4, 0.5) is 0 Å². The molecule has 0 fully saturated rings. The van der Waals surface area contributed by atoms with Crippen LogP contribution in [0.15, 0.2) is 30.3 Å². The number of hydrogen-bond donors (Lipinski definition) is 2. The number of hydrogen-bond acceptors (Lipinski definition) is 5. The Morgan fingerprint density at radius 3 is 2.40 bits per heavy atom. The minimum Gasteiger partial charge on any atom is -0.504 e. The molecule has 2 N–H and O–H groups in total. The number of fused-ring (bicyclic) bond motifs is 1. The van der Waals surface area contributed by atoms with E-state index in [0.29, 0.717) is 11.5 Å². The van der Waals surface area contributed by atoms with Crippen molar-refractivity contribution >= 4 is 0 Å². The zero-order valence-electron chi connectivity index (χ0n) is 15.0. The molecule has 25 heavy (non-hydrogen) atoms. The third-order valence-electron chi connectivity index (χ3n) is 4.99. The number of aromatic hydroxyl groups is 2. The number of methoxy groups -OCH3 is 2. The monoisotopic (exact) mass is 343 g/mol. The van der Waals surface area contributed by atoms with Crippen LogP contribution in [0.25, 0.3) is 0 Å². The summed E-state index contributed by atoms with van der Waals surface area (Å²) in [7, 11) is 3.11. The second kappa shape index (κ2) is 7.23. The summed E-state index contributed by atoms with van der Waals surface area (Å²) in [6.45, 7) is 4.04. The predicted molar refractivity (Wildman–Crippen MR) is 96.7 cm³/mol. The van der Waals surface area contributed by atoms with Crippen LogP contribution >= 0.6 is 0 Å². The number of benzene rings is 2. The van der Waals surface area contributed by atoms with E-state index in [1.165, 1.54) is 5.56 Å². The van der Waals surface area contributed by atoms with Crippen molar-refractivity contribution in [2.45, 2.75) is 25.8 Å². The van der Waals surface area contributed by atoms with Crippen molar-refractivity contribution in [3.05, 3.63) is 47.0 Å². The van der Waals surface area contributed by atoms with Gasteiger partial charge in [-0.2, -0.15) is 0 Å². The molecule has 1 atom stereocenters.